The zero-order chi connectivity index (χ0) is 20.7. The van der Waals surface area contributed by atoms with Crippen LogP contribution >= 0.6 is 0 Å². The predicted molar refractivity (Wildman–Crippen MR) is 116 cm³/mol. The second kappa shape index (κ2) is 7.51. The highest BCUT2D eigenvalue weighted by molar-refractivity contribution is 6.00. The lowest BCUT2D eigenvalue weighted by molar-refractivity contribution is -0.139. The minimum atomic E-state index is -0.842. The van der Waals surface area contributed by atoms with E-state index in [1.54, 1.807) is 6.07 Å². The fourth-order valence-electron chi connectivity index (χ4n) is 4.72. The average molecular weight is 389 g/mol. The van der Waals surface area contributed by atoms with Gasteiger partial charge in [0.2, 0.25) is 0 Å². The fraction of sp³-hybridized carbons (Fsp3) is 0.360. The maximum Gasteiger partial charge on any atom is 0.311 e. The van der Waals surface area contributed by atoms with E-state index in [0.717, 1.165) is 59.0 Å². The second-order valence-corrected chi connectivity index (χ2v) is 8.18. The van der Waals surface area contributed by atoms with Crippen molar-refractivity contribution >= 4 is 16.9 Å². The lowest BCUT2D eigenvalue weighted by Crippen LogP contribution is -2.15. The number of hydrogen-bond acceptors (Lipinski definition) is 3. The first-order valence-corrected chi connectivity index (χ1v) is 10.4. The first kappa shape index (κ1) is 19.4. The van der Waals surface area contributed by atoms with Gasteiger partial charge in [-0.3, -0.25) is 9.78 Å². The minimum Gasteiger partial charge on any atom is -0.507 e. The van der Waals surface area contributed by atoms with E-state index in [0.29, 0.717) is 12.0 Å². The number of phenols is 1. The van der Waals surface area contributed by atoms with Crippen LogP contribution in [0.25, 0.3) is 22.0 Å². The lowest BCUT2D eigenvalue weighted by atomic mass is 9.84. The molecular weight excluding hydrogens is 362 g/mol. The third-order valence-corrected chi connectivity index (χ3v) is 6.07. The molecule has 0 fully saturated rings. The summed E-state index contributed by atoms with van der Waals surface area (Å²) in [4.78, 5) is 17.0. The van der Waals surface area contributed by atoms with E-state index >= 15 is 0 Å². The van der Waals surface area contributed by atoms with Crippen LogP contribution < -0.4 is 0 Å². The van der Waals surface area contributed by atoms with E-state index in [2.05, 4.69) is 12.1 Å². The monoisotopic (exact) mass is 389 g/mol. The third-order valence-electron chi connectivity index (χ3n) is 6.07. The van der Waals surface area contributed by atoms with Crippen molar-refractivity contribution in [3.63, 3.8) is 0 Å². The van der Waals surface area contributed by atoms with Crippen molar-refractivity contribution in [3.8, 4) is 16.9 Å². The summed E-state index contributed by atoms with van der Waals surface area (Å²) in [5, 5.41) is 21.7. The topological polar surface area (TPSA) is 70.4 Å². The zero-order valence-electron chi connectivity index (χ0n) is 17.2. The number of aliphatic carboxylic acids is 1. The van der Waals surface area contributed by atoms with Crippen LogP contribution in [0.4, 0.5) is 0 Å². The number of benzene rings is 2. The molecule has 0 spiro atoms. The van der Waals surface area contributed by atoms with Crippen LogP contribution in [-0.4, -0.2) is 21.2 Å². The summed E-state index contributed by atoms with van der Waals surface area (Å²) in [7, 11) is 0. The number of rotatable bonds is 5. The Labute approximate surface area is 171 Å². The Morgan fingerprint density at radius 2 is 1.86 bits per heavy atom. The number of aromatic hydroxyl groups is 1. The molecule has 4 nitrogen and oxygen atoms in total. The van der Waals surface area contributed by atoms with Crippen molar-refractivity contribution in [3.05, 3.63) is 58.3 Å². The second-order valence-electron chi connectivity index (χ2n) is 8.18. The van der Waals surface area contributed by atoms with E-state index in [-0.39, 0.29) is 5.75 Å². The molecule has 150 valence electrons. The molecule has 2 aromatic carbocycles. The Morgan fingerprint density at radius 3 is 2.52 bits per heavy atom. The molecule has 3 aromatic rings. The van der Waals surface area contributed by atoms with Gasteiger partial charge in [0.05, 0.1) is 11.4 Å². The Morgan fingerprint density at radius 1 is 1.14 bits per heavy atom. The molecule has 1 heterocycles. The molecule has 1 unspecified atom stereocenters. The number of aryl methyl sites for hydroxylation is 4. The molecular formula is C25H27NO3. The number of fused-ring (bicyclic) bond motifs is 2. The summed E-state index contributed by atoms with van der Waals surface area (Å²) < 4.78 is 0. The average Bonchev–Trinajstić information content (AvgIpc) is 3.11. The Kier molecular flexibility index (Phi) is 5.03. The largest absolute Gasteiger partial charge is 0.507 e. The van der Waals surface area contributed by atoms with Crippen LogP contribution in [0.5, 0.6) is 5.75 Å². The SMILES string of the molecule is CCCC(C(=O)O)c1c(C)nc2cc3c(cc2c1-c1ccc(C)cc1O)CCC3. The van der Waals surface area contributed by atoms with Gasteiger partial charge < -0.3 is 10.2 Å². The number of nitrogens with zero attached hydrogens (tertiary/aromatic N) is 1. The van der Waals surface area contributed by atoms with Crippen LogP contribution in [0.2, 0.25) is 0 Å². The highest BCUT2D eigenvalue weighted by Crippen LogP contribution is 2.43. The lowest BCUT2D eigenvalue weighted by Gasteiger charge is -2.22. The third kappa shape index (κ3) is 3.37. The van der Waals surface area contributed by atoms with Crippen molar-refractivity contribution in [2.75, 3.05) is 0 Å². The minimum absolute atomic E-state index is 0.180. The van der Waals surface area contributed by atoms with Crippen LogP contribution in [0.1, 0.15) is 60.1 Å². The number of hydrogen-bond donors (Lipinski definition) is 2. The van der Waals surface area contributed by atoms with E-state index in [1.165, 1.54) is 11.1 Å². The molecule has 0 saturated carbocycles. The van der Waals surface area contributed by atoms with Gasteiger partial charge in [-0.25, -0.2) is 0 Å². The maximum atomic E-state index is 12.2. The fourth-order valence-corrected chi connectivity index (χ4v) is 4.72. The highest BCUT2D eigenvalue weighted by Gasteiger charge is 2.28. The number of carbonyl (C=O) groups is 1. The number of phenolic OH excluding ortho intramolecular Hbond substituents is 1. The van der Waals surface area contributed by atoms with Crippen molar-refractivity contribution < 1.29 is 15.0 Å². The molecule has 0 saturated heterocycles. The molecule has 4 heteroatoms. The van der Waals surface area contributed by atoms with Gasteiger partial charge in [0, 0.05) is 22.2 Å². The maximum absolute atomic E-state index is 12.2. The molecule has 2 N–H and O–H groups in total. The van der Waals surface area contributed by atoms with Gasteiger partial charge in [0.25, 0.3) is 0 Å². The first-order valence-electron chi connectivity index (χ1n) is 10.4. The number of pyridine rings is 1. The number of carboxylic acid groups (broad SMARTS) is 1. The van der Waals surface area contributed by atoms with E-state index in [9.17, 15) is 15.0 Å². The van der Waals surface area contributed by atoms with Crippen molar-refractivity contribution in [1.82, 2.24) is 4.98 Å². The van der Waals surface area contributed by atoms with Gasteiger partial charge in [0.1, 0.15) is 5.75 Å². The summed E-state index contributed by atoms with van der Waals surface area (Å²) in [6.45, 7) is 5.82. The van der Waals surface area contributed by atoms with Gasteiger partial charge in [-0.05, 0) is 80.0 Å². The van der Waals surface area contributed by atoms with Gasteiger partial charge >= 0.3 is 5.97 Å². The van der Waals surface area contributed by atoms with Crippen molar-refractivity contribution in [2.24, 2.45) is 0 Å². The molecule has 1 aliphatic carbocycles. The first-order chi connectivity index (χ1) is 13.9. The van der Waals surface area contributed by atoms with Crippen LogP contribution in [0, 0.1) is 13.8 Å². The van der Waals surface area contributed by atoms with Crippen molar-refractivity contribution in [1.29, 1.82) is 0 Å². The molecule has 4 rings (SSSR count). The van der Waals surface area contributed by atoms with Gasteiger partial charge in [-0.1, -0.05) is 25.5 Å². The normalized spacial score (nSPS) is 14.2. The summed E-state index contributed by atoms with van der Waals surface area (Å²) in [6, 6.07) is 9.93. The predicted octanol–water partition coefficient (Wildman–Crippen LogP) is 5.68. The van der Waals surface area contributed by atoms with E-state index < -0.39 is 11.9 Å². The van der Waals surface area contributed by atoms with Crippen LogP contribution in [0.3, 0.4) is 0 Å². The Bertz CT molecular complexity index is 1120. The summed E-state index contributed by atoms with van der Waals surface area (Å²) in [5.41, 5.74) is 7.44. The molecule has 1 aromatic heterocycles. The summed E-state index contributed by atoms with van der Waals surface area (Å²) >= 11 is 0. The van der Waals surface area contributed by atoms with Gasteiger partial charge in [-0.15, -0.1) is 0 Å². The molecule has 0 aliphatic heterocycles. The molecule has 1 aliphatic rings. The summed E-state index contributed by atoms with van der Waals surface area (Å²) in [5.74, 6) is -1.31. The van der Waals surface area contributed by atoms with Crippen LogP contribution in [0.15, 0.2) is 30.3 Å². The van der Waals surface area contributed by atoms with E-state index in [4.69, 9.17) is 4.98 Å². The zero-order valence-corrected chi connectivity index (χ0v) is 17.2. The Hall–Kier alpha value is -2.88. The van der Waals surface area contributed by atoms with Gasteiger partial charge in [0.15, 0.2) is 0 Å². The van der Waals surface area contributed by atoms with Gasteiger partial charge in [-0.2, -0.15) is 0 Å². The van der Waals surface area contributed by atoms with Crippen LogP contribution in [-0.2, 0) is 17.6 Å². The molecule has 0 radical (unpaired) electrons. The number of carboxylic acids is 1. The molecule has 0 amide bonds. The molecule has 1 atom stereocenters. The highest BCUT2D eigenvalue weighted by atomic mass is 16.4. The number of aromatic nitrogens is 1. The van der Waals surface area contributed by atoms with E-state index in [1.807, 2.05) is 32.9 Å². The van der Waals surface area contributed by atoms with Crippen molar-refractivity contribution in [2.45, 2.75) is 58.8 Å². The molecule has 0 bridgehead atoms. The standard InChI is InChI=1S/C25H27NO3/c1-4-6-19(25(28)29)23-15(3)26-21-13-17-8-5-7-16(17)12-20(21)24(23)18-10-9-14(2)11-22(18)27/h9-13,19,27H,4-8H2,1-3H3,(H,28,29). The summed E-state index contributed by atoms with van der Waals surface area (Å²) in [6.07, 6.45) is 4.53. The Balaban J connectivity index is 2.12. The quantitative estimate of drug-likeness (QED) is 0.589. The smallest absolute Gasteiger partial charge is 0.311 e. The molecule has 29 heavy (non-hydrogen) atoms.